The fourth-order valence-electron chi connectivity index (χ4n) is 5.70. The molecule has 2 aliphatic rings. The normalized spacial score (nSPS) is 18.9. The summed E-state index contributed by atoms with van der Waals surface area (Å²) in [6.07, 6.45) is 1.30. The minimum atomic E-state index is -0.221. The molecule has 1 aliphatic heterocycles. The molecule has 2 atom stereocenters. The number of Topliss-reactive ketones (excluding diaryl/α,β-unsaturated/α-hetero) is 1. The van der Waals surface area contributed by atoms with E-state index >= 15 is 0 Å². The lowest BCUT2D eigenvalue weighted by molar-refractivity contribution is -0.116. The molecule has 0 aromatic heterocycles. The number of allylic oxidation sites excluding steroid dienone is 1. The molecule has 0 spiro atoms. The van der Waals surface area contributed by atoms with Crippen molar-refractivity contribution in [2.75, 3.05) is 17.3 Å². The van der Waals surface area contributed by atoms with Crippen molar-refractivity contribution in [1.29, 1.82) is 0 Å². The van der Waals surface area contributed by atoms with Crippen LogP contribution in [0.1, 0.15) is 41.5 Å². The predicted molar refractivity (Wildman–Crippen MR) is 149 cm³/mol. The minimum absolute atomic E-state index is 0.157. The first kappa shape index (κ1) is 23.1. The Hall–Kier alpha value is -4.31. The van der Waals surface area contributed by atoms with Crippen LogP contribution in [0.15, 0.2) is 120 Å². The molecule has 4 aromatic carbocycles. The number of para-hydroxylation sites is 2. The van der Waals surface area contributed by atoms with Gasteiger partial charge >= 0.3 is 0 Å². The molecule has 4 aromatic rings. The number of nitrogens with zero attached hydrogens (tertiary/aromatic N) is 1. The molecule has 6 rings (SSSR count). The molecule has 0 saturated heterocycles. The number of benzene rings is 4. The topological polar surface area (TPSA) is 41.6 Å². The highest BCUT2D eigenvalue weighted by Crippen LogP contribution is 2.48. The zero-order chi connectivity index (χ0) is 25.2. The summed E-state index contributed by atoms with van der Waals surface area (Å²) in [5.74, 6) is 1.16. The molecule has 37 heavy (non-hydrogen) atoms. The summed E-state index contributed by atoms with van der Waals surface area (Å²) in [6.45, 7) is 0.683. The third-order valence-electron chi connectivity index (χ3n) is 7.49. The zero-order valence-electron chi connectivity index (χ0n) is 20.9. The number of carbonyl (C=O) groups excluding carboxylic acids is 1. The largest absolute Gasteiger partial charge is 0.497 e. The van der Waals surface area contributed by atoms with Crippen molar-refractivity contribution in [3.05, 3.63) is 137 Å². The summed E-state index contributed by atoms with van der Waals surface area (Å²) in [4.78, 5) is 16.4. The van der Waals surface area contributed by atoms with E-state index in [9.17, 15) is 4.79 Å². The number of carbonyl (C=O) groups is 1. The molecule has 0 amide bonds. The molecule has 4 nitrogen and oxygen atoms in total. The van der Waals surface area contributed by atoms with E-state index in [1.54, 1.807) is 7.11 Å². The number of nitrogens with one attached hydrogen (secondary N) is 1. The van der Waals surface area contributed by atoms with E-state index in [-0.39, 0.29) is 17.7 Å². The Bertz CT molecular complexity index is 1430. The van der Waals surface area contributed by atoms with Crippen molar-refractivity contribution < 1.29 is 9.53 Å². The number of rotatable bonds is 5. The molecule has 1 aliphatic carbocycles. The highest BCUT2D eigenvalue weighted by Gasteiger charge is 2.39. The van der Waals surface area contributed by atoms with E-state index < -0.39 is 0 Å². The van der Waals surface area contributed by atoms with Crippen molar-refractivity contribution in [2.24, 2.45) is 0 Å². The van der Waals surface area contributed by atoms with Gasteiger partial charge in [-0.05, 0) is 53.3 Å². The van der Waals surface area contributed by atoms with Crippen molar-refractivity contribution in [1.82, 2.24) is 0 Å². The van der Waals surface area contributed by atoms with Gasteiger partial charge in [-0.1, -0.05) is 84.9 Å². The van der Waals surface area contributed by atoms with Crippen LogP contribution in [0.2, 0.25) is 0 Å². The molecule has 4 heteroatoms. The Morgan fingerprint density at radius 2 is 1.46 bits per heavy atom. The van der Waals surface area contributed by atoms with Crippen molar-refractivity contribution in [3.63, 3.8) is 0 Å². The number of ether oxygens (including phenoxy) is 1. The maximum absolute atomic E-state index is 14.1. The van der Waals surface area contributed by atoms with Gasteiger partial charge in [-0.2, -0.15) is 0 Å². The lowest BCUT2D eigenvalue weighted by Crippen LogP contribution is -2.34. The van der Waals surface area contributed by atoms with Crippen LogP contribution in [0, 0.1) is 0 Å². The van der Waals surface area contributed by atoms with E-state index in [0.29, 0.717) is 13.0 Å². The third kappa shape index (κ3) is 4.51. The van der Waals surface area contributed by atoms with E-state index in [4.69, 9.17) is 4.74 Å². The number of hydrogen-bond donors (Lipinski definition) is 1. The fourth-order valence-corrected chi connectivity index (χ4v) is 5.70. The van der Waals surface area contributed by atoms with Crippen LogP contribution >= 0.6 is 0 Å². The van der Waals surface area contributed by atoms with Crippen LogP contribution in [0.5, 0.6) is 5.75 Å². The van der Waals surface area contributed by atoms with E-state index in [1.807, 2.05) is 24.3 Å². The molecule has 1 heterocycles. The highest BCUT2D eigenvalue weighted by molar-refractivity contribution is 6.01. The van der Waals surface area contributed by atoms with Gasteiger partial charge < -0.3 is 15.0 Å². The first-order valence-electron chi connectivity index (χ1n) is 12.8. The molecule has 184 valence electrons. The van der Waals surface area contributed by atoms with Crippen molar-refractivity contribution in [3.8, 4) is 5.75 Å². The van der Waals surface area contributed by atoms with Gasteiger partial charge in [0.25, 0.3) is 0 Å². The predicted octanol–water partition coefficient (Wildman–Crippen LogP) is 7.27. The first-order chi connectivity index (χ1) is 18.2. The van der Waals surface area contributed by atoms with Crippen LogP contribution < -0.4 is 15.0 Å². The molecule has 0 fully saturated rings. The van der Waals surface area contributed by atoms with E-state index in [0.717, 1.165) is 40.4 Å². The van der Waals surface area contributed by atoms with Crippen LogP contribution in [0.4, 0.5) is 11.4 Å². The molecule has 0 saturated carbocycles. The van der Waals surface area contributed by atoms with Crippen LogP contribution in [-0.2, 0) is 11.3 Å². The van der Waals surface area contributed by atoms with Gasteiger partial charge in [-0.25, -0.2) is 0 Å². The zero-order valence-corrected chi connectivity index (χ0v) is 20.9. The number of fused-ring (bicyclic) bond motifs is 1. The second-order valence-electron chi connectivity index (χ2n) is 9.76. The second kappa shape index (κ2) is 9.98. The Morgan fingerprint density at radius 3 is 2.19 bits per heavy atom. The van der Waals surface area contributed by atoms with Gasteiger partial charge in [0.15, 0.2) is 5.78 Å². The lowest BCUT2D eigenvalue weighted by atomic mass is 9.78. The number of ketones is 1. The molecular weight excluding hydrogens is 456 g/mol. The van der Waals surface area contributed by atoms with Gasteiger partial charge in [0.2, 0.25) is 0 Å². The van der Waals surface area contributed by atoms with Gasteiger partial charge in [0.1, 0.15) is 5.75 Å². The SMILES string of the molecule is COc1ccc([C@H]2C3=C(C[C@@H](c4ccccc4)CC3=O)Nc3ccccc3N2Cc2ccccc2)cc1. The maximum Gasteiger partial charge on any atom is 0.163 e. The Morgan fingerprint density at radius 1 is 0.784 bits per heavy atom. The van der Waals surface area contributed by atoms with Gasteiger partial charge in [-0.15, -0.1) is 0 Å². The van der Waals surface area contributed by atoms with Crippen LogP contribution in [-0.4, -0.2) is 12.9 Å². The van der Waals surface area contributed by atoms with Crippen molar-refractivity contribution in [2.45, 2.75) is 31.3 Å². The molecule has 0 unspecified atom stereocenters. The fraction of sp³-hybridized carbons (Fsp3) is 0.182. The average Bonchev–Trinajstić information content (AvgIpc) is 3.09. The summed E-state index contributed by atoms with van der Waals surface area (Å²) < 4.78 is 5.45. The van der Waals surface area contributed by atoms with Gasteiger partial charge in [0.05, 0.1) is 24.5 Å². The van der Waals surface area contributed by atoms with E-state index in [1.165, 1.54) is 11.1 Å². The maximum atomic E-state index is 14.1. The van der Waals surface area contributed by atoms with Gasteiger partial charge in [-0.3, -0.25) is 4.79 Å². The monoisotopic (exact) mass is 486 g/mol. The number of anilines is 2. The summed E-state index contributed by atoms with van der Waals surface area (Å²) >= 11 is 0. The third-order valence-corrected chi connectivity index (χ3v) is 7.49. The Labute approximate surface area is 218 Å². The Kier molecular flexibility index (Phi) is 6.23. The summed E-state index contributed by atoms with van der Waals surface area (Å²) in [5.41, 5.74) is 7.50. The van der Waals surface area contributed by atoms with E-state index in [2.05, 4.69) is 95.1 Å². The number of methoxy groups -OCH3 is 1. The molecule has 0 radical (unpaired) electrons. The summed E-state index contributed by atoms with van der Waals surface area (Å²) in [7, 11) is 1.68. The van der Waals surface area contributed by atoms with Crippen LogP contribution in [0.25, 0.3) is 0 Å². The summed E-state index contributed by atoms with van der Waals surface area (Å²) in [5, 5.41) is 3.72. The molecule has 0 bridgehead atoms. The molecular formula is C33H30N2O2. The molecule has 1 N–H and O–H groups in total. The first-order valence-corrected chi connectivity index (χ1v) is 12.8. The minimum Gasteiger partial charge on any atom is -0.497 e. The Balaban J connectivity index is 1.52. The average molecular weight is 487 g/mol. The van der Waals surface area contributed by atoms with Gasteiger partial charge in [0, 0.05) is 24.2 Å². The lowest BCUT2D eigenvalue weighted by Gasteiger charge is -2.36. The standard InChI is InChI=1S/C33H30N2O2/c1-37-27-18-16-25(17-19-27)33-32-29(20-26(21-31(32)36)24-12-6-3-7-13-24)34-28-14-8-9-15-30(28)35(33)22-23-10-4-2-5-11-23/h2-19,26,33-34H,20-22H2,1H3/t26-,33+/m1/s1. The number of hydrogen-bond acceptors (Lipinski definition) is 4. The van der Waals surface area contributed by atoms with Crippen LogP contribution in [0.3, 0.4) is 0 Å². The second-order valence-corrected chi connectivity index (χ2v) is 9.76. The summed E-state index contributed by atoms with van der Waals surface area (Å²) in [6, 6.07) is 37.2. The quantitative estimate of drug-likeness (QED) is 0.322. The van der Waals surface area contributed by atoms with Crippen molar-refractivity contribution >= 4 is 17.2 Å². The smallest absolute Gasteiger partial charge is 0.163 e. The highest BCUT2D eigenvalue weighted by atomic mass is 16.5.